The van der Waals surface area contributed by atoms with Crippen LogP contribution in [0.5, 0.6) is 0 Å². The Labute approximate surface area is 147 Å². The van der Waals surface area contributed by atoms with Crippen LogP contribution in [-0.4, -0.2) is 32.7 Å². The SMILES string of the molecule is CC(=O)Nc1ccc(C(=O)CS(=O)Cc2cccc(C(=O)O)c2)cc1. The molecule has 2 rings (SSSR count). The van der Waals surface area contributed by atoms with Gasteiger partial charge in [-0.05, 0) is 42.0 Å². The van der Waals surface area contributed by atoms with E-state index >= 15 is 0 Å². The molecule has 1 unspecified atom stereocenters. The molecule has 1 amide bonds. The molecule has 0 radical (unpaired) electrons. The molecule has 0 aromatic heterocycles. The number of amides is 1. The third kappa shape index (κ3) is 5.65. The van der Waals surface area contributed by atoms with Crippen molar-refractivity contribution in [2.24, 2.45) is 0 Å². The molecule has 0 saturated heterocycles. The normalized spacial score (nSPS) is 11.6. The van der Waals surface area contributed by atoms with Gasteiger partial charge in [0, 0.05) is 34.7 Å². The van der Waals surface area contributed by atoms with E-state index in [1.54, 1.807) is 36.4 Å². The van der Waals surface area contributed by atoms with Gasteiger partial charge < -0.3 is 10.4 Å². The maximum Gasteiger partial charge on any atom is 0.335 e. The number of carbonyl (C=O) groups is 3. The summed E-state index contributed by atoms with van der Waals surface area (Å²) in [5, 5.41) is 11.6. The van der Waals surface area contributed by atoms with E-state index in [1.807, 2.05) is 0 Å². The highest BCUT2D eigenvalue weighted by atomic mass is 32.2. The average Bonchev–Trinajstić information content (AvgIpc) is 2.55. The molecule has 0 heterocycles. The summed E-state index contributed by atoms with van der Waals surface area (Å²) >= 11 is 0. The zero-order valence-corrected chi connectivity index (χ0v) is 14.3. The molecule has 6 nitrogen and oxygen atoms in total. The number of hydrogen-bond acceptors (Lipinski definition) is 4. The van der Waals surface area contributed by atoms with Crippen molar-refractivity contribution in [1.82, 2.24) is 0 Å². The fourth-order valence-electron chi connectivity index (χ4n) is 2.20. The molecule has 2 N–H and O–H groups in total. The third-order valence-corrected chi connectivity index (χ3v) is 4.56. The zero-order valence-electron chi connectivity index (χ0n) is 13.5. The fraction of sp³-hybridized carbons (Fsp3) is 0.167. The minimum absolute atomic E-state index is 0.108. The van der Waals surface area contributed by atoms with Crippen LogP contribution >= 0.6 is 0 Å². The van der Waals surface area contributed by atoms with Crippen molar-refractivity contribution in [2.45, 2.75) is 12.7 Å². The van der Waals surface area contributed by atoms with Crippen LogP contribution < -0.4 is 5.32 Å². The largest absolute Gasteiger partial charge is 0.478 e. The minimum Gasteiger partial charge on any atom is -0.478 e. The van der Waals surface area contributed by atoms with Gasteiger partial charge in [-0.2, -0.15) is 0 Å². The van der Waals surface area contributed by atoms with Crippen LogP contribution in [-0.2, 0) is 21.3 Å². The van der Waals surface area contributed by atoms with Crippen LogP contribution in [0.25, 0.3) is 0 Å². The summed E-state index contributed by atoms with van der Waals surface area (Å²) in [5.74, 6) is -1.58. The Kier molecular flexibility index (Phi) is 6.19. The summed E-state index contributed by atoms with van der Waals surface area (Å²) < 4.78 is 12.2. The highest BCUT2D eigenvalue weighted by Crippen LogP contribution is 2.12. The average molecular weight is 359 g/mol. The first kappa shape index (κ1) is 18.5. The minimum atomic E-state index is -1.45. The number of aromatic carboxylic acids is 1. The number of nitrogens with one attached hydrogen (secondary N) is 1. The summed E-state index contributed by atoms with van der Waals surface area (Å²) in [7, 11) is -1.45. The maximum atomic E-state index is 12.2. The van der Waals surface area contributed by atoms with E-state index < -0.39 is 16.8 Å². The number of carbonyl (C=O) groups excluding carboxylic acids is 2. The Hall–Kier alpha value is -2.80. The van der Waals surface area contributed by atoms with Gasteiger partial charge in [0.2, 0.25) is 5.91 Å². The van der Waals surface area contributed by atoms with E-state index in [1.165, 1.54) is 19.1 Å². The lowest BCUT2D eigenvalue weighted by atomic mass is 10.1. The quantitative estimate of drug-likeness (QED) is 0.740. The summed E-state index contributed by atoms with van der Waals surface area (Å²) in [6.45, 7) is 1.39. The van der Waals surface area contributed by atoms with Crippen LogP contribution in [0.15, 0.2) is 48.5 Å². The van der Waals surface area contributed by atoms with E-state index in [-0.39, 0.29) is 28.8 Å². The summed E-state index contributed by atoms with van der Waals surface area (Å²) in [6.07, 6.45) is 0. The Morgan fingerprint density at radius 2 is 1.72 bits per heavy atom. The zero-order chi connectivity index (χ0) is 18.4. The lowest BCUT2D eigenvalue weighted by molar-refractivity contribution is -0.114. The Morgan fingerprint density at radius 1 is 1.04 bits per heavy atom. The number of ketones is 1. The van der Waals surface area contributed by atoms with Crippen molar-refractivity contribution < 1.29 is 23.7 Å². The highest BCUT2D eigenvalue weighted by Gasteiger charge is 2.12. The van der Waals surface area contributed by atoms with Crippen molar-refractivity contribution in [3.8, 4) is 0 Å². The molecule has 0 spiro atoms. The molecule has 25 heavy (non-hydrogen) atoms. The molecular formula is C18H17NO5S. The summed E-state index contributed by atoms with van der Waals surface area (Å²) in [4.78, 5) is 34.1. The Bertz CT molecular complexity index is 830. The van der Waals surface area contributed by atoms with Crippen molar-refractivity contribution in [2.75, 3.05) is 11.1 Å². The smallest absolute Gasteiger partial charge is 0.335 e. The lowest BCUT2D eigenvalue weighted by Gasteiger charge is -2.05. The van der Waals surface area contributed by atoms with Gasteiger partial charge in [0.1, 0.15) is 0 Å². The second-order valence-corrected chi connectivity index (χ2v) is 6.87. The standard InChI is InChI=1S/C18H17NO5S/c1-12(20)19-16-7-5-14(6-8-16)17(21)11-25(24)10-13-3-2-4-15(9-13)18(22)23/h2-9H,10-11H2,1H3,(H,19,20)(H,22,23). The predicted octanol–water partition coefficient (Wildman–Crippen LogP) is 2.47. The predicted molar refractivity (Wildman–Crippen MR) is 95.2 cm³/mol. The first-order valence-corrected chi connectivity index (χ1v) is 8.92. The number of anilines is 1. The monoisotopic (exact) mass is 359 g/mol. The van der Waals surface area contributed by atoms with Gasteiger partial charge in [-0.15, -0.1) is 0 Å². The molecule has 0 aliphatic rings. The molecular weight excluding hydrogens is 342 g/mol. The van der Waals surface area contributed by atoms with Crippen molar-refractivity contribution >= 4 is 34.1 Å². The Balaban J connectivity index is 1.98. The van der Waals surface area contributed by atoms with E-state index in [0.717, 1.165) is 0 Å². The molecule has 0 bridgehead atoms. The van der Waals surface area contributed by atoms with E-state index in [0.29, 0.717) is 16.8 Å². The lowest BCUT2D eigenvalue weighted by Crippen LogP contribution is -2.13. The summed E-state index contributed by atoms with van der Waals surface area (Å²) in [6, 6.07) is 12.5. The van der Waals surface area contributed by atoms with Crippen LogP contribution in [0.2, 0.25) is 0 Å². The van der Waals surface area contributed by atoms with Crippen molar-refractivity contribution in [3.63, 3.8) is 0 Å². The molecule has 2 aromatic rings. The Morgan fingerprint density at radius 3 is 2.32 bits per heavy atom. The van der Waals surface area contributed by atoms with Crippen LogP contribution in [0.3, 0.4) is 0 Å². The number of Topliss-reactive ketones (excluding diaryl/α,β-unsaturated/α-hetero) is 1. The summed E-state index contributed by atoms with van der Waals surface area (Å²) in [5.41, 5.74) is 1.71. The van der Waals surface area contributed by atoms with Gasteiger partial charge in [-0.1, -0.05) is 12.1 Å². The van der Waals surface area contributed by atoms with Crippen LogP contribution in [0.1, 0.15) is 33.2 Å². The van der Waals surface area contributed by atoms with E-state index in [2.05, 4.69) is 5.32 Å². The number of benzene rings is 2. The van der Waals surface area contributed by atoms with Gasteiger partial charge in [-0.3, -0.25) is 13.8 Å². The third-order valence-electron chi connectivity index (χ3n) is 3.32. The molecule has 7 heteroatoms. The van der Waals surface area contributed by atoms with Crippen LogP contribution in [0.4, 0.5) is 5.69 Å². The van der Waals surface area contributed by atoms with Gasteiger partial charge in [-0.25, -0.2) is 4.79 Å². The van der Waals surface area contributed by atoms with Crippen LogP contribution in [0, 0.1) is 0 Å². The van der Waals surface area contributed by atoms with Crippen molar-refractivity contribution in [1.29, 1.82) is 0 Å². The number of carboxylic acids is 1. The van der Waals surface area contributed by atoms with Gasteiger partial charge >= 0.3 is 5.97 Å². The molecule has 0 fully saturated rings. The molecule has 2 aromatic carbocycles. The molecule has 0 aliphatic carbocycles. The maximum absolute atomic E-state index is 12.2. The molecule has 0 saturated carbocycles. The van der Waals surface area contributed by atoms with E-state index in [9.17, 15) is 18.6 Å². The van der Waals surface area contributed by atoms with Crippen molar-refractivity contribution in [3.05, 3.63) is 65.2 Å². The van der Waals surface area contributed by atoms with E-state index in [4.69, 9.17) is 5.11 Å². The number of rotatable bonds is 7. The second-order valence-electron chi connectivity index (χ2n) is 5.42. The van der Waals surface area contributed by atoms with Gasteiger partial charge in [0.25, 0.3) is 0 Å². The second kappa shape index (κ2) is 8.34. The first-order valence-electron chi connectivity index (χ1n) is 7.43. The van der Waals surface area contributed by atoms with Gasteiger partial charge in [0.05, 0.1) is 11.3 Å². The topological polar surface area (TPSA) is 101 Å². The first-order chi connectivity index (χ1) is 11.8. The molecule has 130 valence electrons. The van der Waals surface area contributed by atoms with Gasteiger partial charge in [0.15, 0.2) is 5.78 Å². The fourth-order valence-corrected chi connectivity index (χ4v) is 3.32. The molecule has 1 atom stereocenters. The molecule has 0 aliphatic heterocycles. The number of carboxylic acid groups (broad SMARTS) is 1. The number of hydrogen-bond donors (Lipinski definition) is 2. The highest BCUT2D eigenvalue weighted by molar-refractivity contribution is 7.85.